The minimum Gasteiger partial charge on any atom is -0.497 e. The van der Waals surface area contributed by atoms with Gasteiger partial charge in [-0.15, -0.1) is 0 Å². The van der Waals surface area contributed by atoms with E-state index in [9.17, 15) is 14.4 Å². The van der Waals surface area contributed by atoms with Crippen molar-refractivity contribution in [1.82, 2.24) is 5.32 Å². The first kappa shape index (κ1) is 19.2. The lowest BCUT2D eigenvalue weighted by Gasteiger charge is -2.26. The van der Waals surface area contributed by atoms with Crippen LogP contribution in [0.1, 0.15) is 5.56 Å². The summed E-state index contributed by atoms with van der Waals surface area (Å²) < 4.78 is 10.6. The number of amides is 4. The van der Waals surface area contributed by atoms with E-state index in [2.05, 4.69) is 5.32 Å². The number of ether oxygens (including phenoxy) is 2. The number of urea groups is 1. The highest BCUT2D eigenvalue weighted by molar-refractivity contribution is 6.39. The molecule has 0 radical (unpaired) electrons. The van der Waals surface area contributed by atoms with Gasteiger partial charge in [0.2, 0.25) is 0 Å². The average molecular weight is 402 g/mol. The third-order valence-corrected chi connectivity index (χ3v) is 4.85. The fourth-order valence-electron chi connectivity index (χ4n) is 3.40. The van der Waals surface area contributed by atoms with Gasteiger partial charge in [-0.3, -0.25) is 14.9 Å². The molecule has 0 atom stereocenters. The predicted molar refractivity (Wildman–Crippen MR) is 112 cm³/mol. The molecule has 7 heteroatoms. The molecule has 1 heterocycles. The number of anilines is 1. The van der Waals surface area contributed by atoms with E-state index in [1.54, 1.807) is 43.5 Å². The van der Waals surface area contributed by atoms with E-state index in [1.807, 2.05) is 24.3 Å². The highest BCUT2D eigenvalue weighted by atomic mass is 16.5. The number of rotatable bonds is 4. The normalized spacial score (nSPS) is 15.5. The molecule has 4 rings (SSSR count). The highest BCUT2D eigenvalue weighted by Gasteiger charge is 2.37. The Morgan fingerprint density at radius 3 is 2.37 bits per heavy atom. The van der Waals surface area contributed by atoms with Gasteiger partial charge in [-0.2, -0.15) is 0 Å². The molecule has 1 N–H and O–H groups in total. The van der Waals surface area contributed by atoms with Crippen LogP contribution in [0.15, 0.2) is 66.2 Å². The first-order chi connectivity index (χ1) is 14.5. The third kappa shape index (κ3) is 3.26. The molecule has 1 aliphatic rings. The quantitative estimate of drug-likeness (QED) is 0.533. The highest BCUT2D eigenvalue weighted by Crippen LogP contribution is 2.31. The van der Waals surface area contributed by atoms with Crippen LogP contribution in [0.2, 0.25) is 0 Å². The van der Waals surface area contributed by atoms with E-state index in [1.165, 1.54) is 13.2 Å². The zero-order chi connectivity index (χ0) is 21.3. The molecule has 0 aliphatic carbocycles. The van der Waals surface area contributed by atoms with Crippen LogP contribution in [-0.2, 0) is 9.59 Å². The minimum atomic E-state index is -0.810. The molecule has 1 aliphatic heterocycles. The molecule has 0 aromatic heterocycles. The number of nitrogens with zero attached hydrogens (tertiary/aromatic N) is 1. The second-order valence-corrected chi connectivity index (χ2v) is 6.56. The molecule has 30 heavy (non-hydrogen) atoms. The van der Waals surface area contributed by atoms with Gasteiger partial charge in [-0.05, 0) is 35.2 Å². The number of nitrogens with one attached hydrogen (secondary N) is 1. The Morgan fingerprint density at radius 2 is 1.63 bits per heavy atom. The zero-order valence-corrected chi connectivity index (χ0v) is 16.3. The summed E-state index contributed by atoms with van der Waals surface area (Å²) >= 11 is 0. The van der Waals surface area contributed by atoms with Gasteiger partial charge in [0.1, 0.15) is 17.1 Å². The minimum absolute atomic E-state index is 0.146. The number of fused-ring (bicyclic) bond motifs is 1. The molecule has 0 saturated carbocycles. The largest absolute Gasteiger partial charge is 0.497 e. The molecular formula is C23H18N2O5. The number of methoxy groups -OCH3 is 2. The van der Waals surface area contributed by atoms with Crippen LogP contribution in [0.25, 0.3) is 16.8 Å². The topological polar surface area (TPSA) is 84.9 Å². The van der Waals surface area contributed by atoms with Crippen molar-refractivity contribution >= 4 is 40.4 Å². The Hall–Kier alpha value is -4.13. The van der Waals surface area contributed by atoms with Crippen molar-refractivity contribution in [2.45, 2.75) is 0 Å². The van der Waals surface area contributed by atoms with Crippen molar-refractivity contribution in [2.75, 3.05) is 19.1 Å². The molecule has 0 unspecified atom stereocenters. The maximum absolute atomic E-state index is 13.1. The summed E-state index contributed by atoms with van der Waals surface area (Å²) in [6.45, 7) is 0. The monoisotopic (exact) mass is 402 g/mol. The van der Waals surface area contributed by atoms with E-state index in [0.29, 0.717) is 22.7 Å². The molecule has 150 valence electrons. The Bertz CT molecular complexity index is 1220. The summed E-state index contributed by atoms with van der Waals surface area (Å²) in [6, 6.07) is 16.7. The van der Waals surface area contributed by atoms with Crippen LogP contribution in [0.4, 0.5) is 10.5 Å². The van der Waals surface area contributed by atoms with E-state index in [0.717, 1.165) is 15.7 Å². The zero-order valence-electron chi connectivity index (χ0n) is 16.3. The molecule has 1 fully saturated rings. The van der Waals surface area contributed by atoms with Gasteiger partial charge in [0.25, 0.3) is 11.8 Å². The number of barbiturate groups is 1. The fraction of sp³-hybridized carbons (Fsp3) is 0.0870. The van der Waals surface area contributed by atoms with Crippen LogP contribution in [0.5, 0.6) is 11.5 Å². The second kappa shape index (κ2) is 7.71. The average Bonchev–Trinajstić information content (AvgIpc) is 2.76. The van der Waals surface area contributed by atoms with Crippen molar-refractivity contribution in [2.24, 2.45) is 0 Å². The number of carbonyl (C=O) groups is 3. The standard InChI is InChI=1S/C23H18N2O5/c1-29-16-7-5-6-15(13-16)25-22(27)19(21(26)24-23(25)28)12-14-10-11-20(30-2)18-9-4-3-8-17(14)18/h3-13H,1-2H3,(H,24,26,28)/b19-12-. The Balaban J connectivity index is 1.81. The van der Waals surface area contributed by atoms with Crippen molar-refractivity contribution < 1.29 is 23.9 Å². The predicted octanol–water partition coefficient (Wildman–Crippen LogP) is 3.52. The van der Waals surface area contributed by atoms with E-state index >= 15 is 0 Å². The van der Waals surface area contributed by atoms with Crippen molar-refractivity contribution in [3.05, 3.63) is 71.8 Å². The van der Waals surface area contributed by atoms with Crippen LogP contribution in [0, 0.1) is 0 Å². The molecule has 3 aromatic rings. The lowest BCUT2D eigenvalue weighted by molar-refractivity contribution is -0.122. The third-order valence-electron chi connectivity index (χ3n) is 4.85. The number of imide groups is 2. The Labute approximate surface area is 172 Å². The van der Waals surface area contributed by atoms with Gasteiger partial charge in [-0.1, -0.05) is 36.4 Å². The molecule has 7 nitrogen and oxygen atoms in total. The molecule has 0 bridgehead atoms. The van der Waals surface area contributed by atoms with Crippen LogP contribution in [0.3, 0.4) is 0 Å². The number of hydrogen-bond acceptors (Lipinski definition) is 5. The van der Waals surface area contributed by atoms with E-state index < -0.39 is 17.8 Å². The van der Waals surface area contributed by atoms with E-state index in [4.69, 9.17) is 9.47 Å². The first-order valence-corrected chi connectivity index (χ1v) is 9.14. The number of benzene rings is 3. The van der Waals surface area contributed by atoms with Gasteiger partial charge in [0, 0.05) is 11.5 Å². The molecule has 0 spiro atoms. The lowest BCUT2D eigenvalue weighted by Crippen LogP contribution is -2.54. The number of carbonyl (C=O) groups excluding carboxylic acids is 3. The lowest BCUT2D eigenvalue weighted by atomic mass is 10.00. The van der Waals surface area contributed by atoms with Crippen LogP contribution < -0.4 is 19.7 Å². The molecule has 4 amide bonds. The first-order valence-electron chi connectivity index (χ1n) is 9.14. The molecule has 3 aromatic carbocycles. The smallest absolute Gasteiger partial charge is 0.335 e. The maximum atomic E-state index is 13.1. The summed E-state index contributed by atoms with van der Waals surface area (Å²) in [5, 5.41) is 3.89. The maximum Gasteiger partial charge on any atom is 0.335 e. The summed E-state index contributed by atoms with van der Waals surface area (Å²) in [7, 11) is 3.07. The second-order valence-electron chi connectivity index (χ2n) is 6.56. The molecule has 1 saturated heterocycles. The number of hydrogen-bond donors (Lipinski definition) is 1. The SMILES string of the molecule is COc1cccc(N2C(=O)NC(=O)/C(=C/c3ccc(OC)c4ccccc34)C2=O)c1. The summed E-state index contributed by atoms with van der Waals surface area (Å²) in [5.41, 5.74) is 0.812. The summed E-state index contributed by atoms with van der Waals surface area (Å²) in [6.07, 6.45) is 1.49. The summed E-state index contributed by atoms with van der Waals surface area (Å²) in [5.74, 6) is -0.294. The van der Waals surface area contributed by atoms with E-state index in [-0.39, 0.29) is 5.57 Å². The van der Waals surface area contributed by atoms with Gasteiger partial charge in [0.05, 0.1) is 19.9 Å². The van der Waals surface area contributed by atoms with Crippen molar-refractivity contribution in [3.8, 4) is 11.5 Å². The van der Waals surface area contributed by atoms with Gasteiger partial charge < -0.3 is 9.47 Å². The van der Waals surface area contributed by atoms with Crippen molar-refractivity contribution in [1.29, 1.82) is 0 Å². The van der Waals surface area contributed by atoms with Crippen LogP contribution in [-0.4, -0.2) is 32.1 Å². The Kier molecular flexibility index (Phi) is 4.93. The van der Waals surface area contributed by atoms with Gasteiger partial charge in [-0.25, -0.2) is 9.69 Å². The van der Waals surface area contributed by atoms with Gasteiger partial charge in [0.15, 0.2) is 0 Å². The fourth-order valence-corrected chi connectivity index (χ4v) is 3.40. The van der Waals surface area contributed by atoms with Crippen LogP contribution >= 0.6 is 0 Å². The Morgan fingerprint density at radius 1 is 0.867 bits per heavy atom. The summed E-state index contributed by atoms with van der Waals surface area (Å²) in [4.78, 5) is 38.9. The van der Waals surface area contributed by atoms with Gasteiger partial charge >= 0.3 is 6.03 Å². The molecular weight excluding hydrogens is 384 g/mol. The van der Waals surface area contributed by atoms with Crippen molar-refractivity contribution in [3.63, 3.8) is 0 Å².